The van der Waals surface area contributed by atoms with Crippen molar-refractivity contribution in [1.29, 1.82) is 0 Å². The molecule has 0 unspecified atom stereocenters. The zero-order valence-electron chi connectivity index (χ0n) is 18.5. The van der Waals surface area contributed by atoms with Crippen LogP contribution in [0.4, 0.5) is 0 Å². The monoisotopic (exact) mass is 439 g/mol. The van der Waals surface area contributed by atoms with Crippen molar-refractivity contribution in [2.24, 2.45) is 0 Å². The van der Waals surface area contributed by atoms with Crippen LogP contribution in [0.15, 0.2) is 78.8 Å². The molecule has 2 aliphatic heterocycles. The van der Waals surface area contributed by atoms with Gasteiger partial charge in [-0.25, -0.2) is 0 Å². The minimum atomic E-state index is -0.276. The summed E-state index contributed by atoms with van der Waals surface area (Å²) in [5.74, 6) is 0.202. The number of nitrogens with zero attached hydrogens (tertiary/aromatic N) is 3. The first-order valence-corrected chi connectivity index (χ1v) is 11.2. The molecule has 0 aliphatic carbocycles. The second-order valence-electron chi connectivity index (χ2n) is 8.18. The molecule has 0 N–H and O–H groups in total. The van der Waals surface area contributed by atoms with Gasteiger partial charge in [0.15, 0.2) is 0 Å². The van der Waals surface area contributed by atoms with Crippen LogP contribution in [0.1, 0.15) is 29.2 Å². The normalized spacial score (nSPS) is 15.8. The molecule has 1 aromatic heterocycles. The van der Waals surface area contributed by atoms with Gasteiger partial charge in [-0.3, -0.25) is 19.5 Å². The summed E-state index contributed by atoms with van der Waals surface area (Å²) in [6.07, 6.45) is 4.20. The number of amides is 2. The highest BCUT2D eigenvalue weighted by Gasteiger charge is 2.42. The van der Waals surface area contributed by atoms with Crippen LogP contribution in [-0.4, -0.2) is 39.7 Å². The Labute approximate surface area is 193 Å². The van der Waals surface area contributed by atoms with E-state index in [1.807, 2.05) is 55.5 Å². The molecule has 0 saturated carbocycles. The second kappa shape index (κ2) is 8.90. The Kier molecular flexibility index (Phi) is 5.65. The van der Waals surface area contributed by atoms with E-state index in [2.05, 4.69) is 22.0 Å². The van der Waals surface area contributed by atoms with Crippen LogP contribution in [0.25, 0.3) is 5.57 Å². The quantitative estimate of drug-likeness (QED) is 0.547. The minimum absolute atomic E-state index is 0.194. The summed E-state index contributed by atoms with van der Waals surface area (Å²) in [6, 6.07) is 19.4. The summed E-state index contributed by atoms with van der Waals surface area (Å²) in [6.45, 7) is 3.98. The SMILES string of the molecule is CCOc1ccc(C2=C(N3CCc4ccccc4C3)C(=O)N(Cc3cccnc3)C2=O)cc1. The number of aromatic nitrogens is 1. The molecule has 0 saturated heterocycles. The van der Waals surface area contributed by atoms with Gasteiger partial charge >= 0.3 is 0 Å². The number of imide groups is 1. The predicted octanol–water partition coefficient (Wildman–Crippen LogP) is 3.82. The maximum atomic E-state index is 13.6. The summed E-state index contributed by atoms with van der Waals surface area (Å²) in [4.78, 5) is 34.8. The molecule has 0 radical (unpaired) electrons. The van der Waals surface area contributed by atoms with Crippen LogP contribution in [0.3, 0.4) is 0 Å². The van der Waals surface area contributed by atoms with Crippen molar-refractivity contribution in [3.05, 3.63) is 101 Å². The van der Waals surface area contributed by atoms with Gasteiger partial charge in [0, 0.05) is 25.5 Å². The van der Waals surface area contributed by atoms with E-state index in [0.29, 0.717) is 31.0 Å². The minimum Gasteiger partial charge on any atom is -0.494 e. The van der Waals surface area contributed by atoms with Crippen LogP contribution >= 0.6 is 0 Å². The molecule has 3 heterocycles. The number of pyridine rings is 1. The van der Waals surface area contributed by atoms with E-state index in [1.165, 1.54) is 16.0 Å². The first-order valence-electron chi connectivity index (χ1n) is 11.2. The fourth-order valence-corrected chi connectivity index (χ4v) is 4.51. The summed E-state index contributed by atoms with van der Waals surface area (Å²) >= 11 is 0. The Balaban J connectivity index is 1.54. The predicted molar refractivity (Wildman–Crippen MR) is 125 cm³/mol. The third-order valence-electron chi connectivity index (χ3n) is 6.11. The highest BCUT2D eigenvalue weighted by Crippen LogP contribution is 2.35. The maximum Gasteiger partial charge on any atom is 0.278 e. The Morgan fingerprint density at radius 2 is 1.73 bits per heavy atom. The van der Waals surface area contributed by atoms with Gasteiger partial charge in [-0.2, -0.15) is 0 Å². The van der Waals surface area contributed by atoms with Gasteiger partial charge in [0.25, 0.3) is 11.8 Å². The molecule has 33 heavy (non-hydrogen) atoms. The van der Waals surface area contributed by atoms with Gasteiger partial charge in [-0.05, 0) is 53.8 Å². The molecular formula is C27H25N3O3. The van der Waals surface area contributed by atoms with E-state index >= 15 is 0 Å². The molecule has 2 amide bonds. The van der Waals surface area contributed by atoms with Crippen LogP contribution in [-0.2, 0) is 29.1 Å². The van der Waals surface area contributed by atoms with Crippen molar-refractivity contribution in [3.8, 4) is 5.75 Å². The summed E-state index contributed by atoms with van der Waals surface area (Å²) in [7, 11) is 0. The molecule has 2 aliphatic rings. The lowest BCUT2D eigenvalue weighted by atomic mass is 9.98. The molecule has 2 aromatic carbocycles. The Hall–Kier alpha value is -3.93. The van der Waals surface area contributed by atoms with E-state index in [4.69, 9.17) is 4.74 Å². The third-order valence-corrected chi connectivity index (χ3v) is 6.11. The second-order valence-corrected chi connectivity index (χ2v) is 8.18. The first kappa shape index (κ1) is 20.9. The lowest BCUT2D eigenvalue weighted by Crippen LogP contribution is -2.37. The molecule has 0 spiro atoms. The summed E-state index contributed by atoms with van der Waals surface area (Å²) in [5.41, 5.74) is 4.94. The Bertz CT molecular complexity index is 1220. The molecule has 0 atom stereocenters. The van der Waals surface area contributed by atoms with Crippen molar-refractivity contribution < 1.29 is 14.3 Å². The number of benzene rings is 2. The van der Waals surface area contributed by atoms with E-state index in [0.717, 1.165) is 23.3 Å². The highest BCUT2D eigenvalue weighted by molar-refractivity contribution is 6.35. The van der Waals surface area contributed by atoms with Crippen LogP contribution in [0, 0.1) is 0 Å². The highest BCUT2D eigenvalue weighted by atomic mass is 16.5. The summed E-state index contributed by atoms with van der Waals surface area (Å²) in [5, 5.41) is 0. The van der Waals surface area contributed by atoms with Crippen molar-refractivity contribution in [1.82, 2.24) is 14.8 Å². The maximum absolute atomic E-state index is 13.6. The average molecular weight is 440 g/mol. The van der Waals surface area contributed by atoms with Crippen molar-refractivity contribution in [2.75, 3.05) is 13.2 Å². The number of hydrogen-bond acceptors (Lipinski definition) is 5. The molecule has 6 heteroatoms. The number of rotatable bonds is 6. The van der Waals surface area contributed by atoms with Gasteiger partial charge in [-0.15, -0.1) is 0 Å². The molecule has 0 fully saturated rings. The molecule has 0 bridgehead atoms. The fraction of sp³-hybridized carbons (Fsp3) is 0.222. The van der Waals surface area contributed by atoms with E-state index in [9.17, 15) is 9.59 Å². The van der Waals surface area contributed by atoms with Crippen LogP contribution < -0.4 is 4.74 Å². The smallest absolute Gasteiger partial charge is 0.278 e. The van der Waals surface area contributed by atoms with Crippen LogP contribution in [0.5, 0.6) is 5.75 Å². The molecule has 3 aromatic rings. The van der Waals surface area contributed by atoms with Gasteiger partial charge < -0.3 is 9.64 Å². The number of carbonyl (C=O) groups excluding carboxylic acids is 2. The standard InChI is InChI=1S/C27H25N3O3/c1-2-33-23-11-9-21(10-12-23)24-25(29-15-13-20-7-3-4-8-22(20)18-29)27(32)30(26(24)31)17-19-6-5-14-28-16-19/h3-12,14,16H,2,13,15,17-18H2,1H3. The largest absolute Gasteiger partial charge is 0.494 e. The van der Waals surface area contributed by atoms with Crippen LogP contribution in [0.2, 0.25) is 0 Å². The van der Waals surface area contributed by atoms with Gasteiger partial charge in [0.2, 0.25) is 0 Å². The lowest BCUT2D eigenvalue weighted by Gasteiger charge is -2.31. The van der Waals surface area contributed by atoms with E-state index in [-0.39, 0.29) is 18.4 Å². The van der Waals surface area contributed by atoms with Crippen molar-refractivity contribution in [2.45, 2.75) is 26.4 Å². The molecule has 166 valence electrons. The fourth-order valence-electron chi connectivity index (χ4n) is 4.51. The van der Waals surface area contributed by atoms with Crippen molar-refractivity contribution in [3.63, 3.8) is 0 Å². The van der Waals surface area contributed by atoms with E-state index in [1.54, 1.807) is 12.4 Å². The molecular weight excluding hydrogens is 414 g/mol. The lowest BCUT2D eigenvalue weighted by molar-refractivity contribution is -0.138. The zero-order valence-corrected chi connectivity index (χ0v) is 18.5. The topological polar surface area (TPSA) is 62.7 Å². The number of ether oxygens (including phenoxy) is 1. The number of fused-ring (bicyclic) bond motifs is 1. The Morgan fingerprint density at radius 3 is 2.45 bits per heavy atom. The van der Waals surface area contributed by atoms with Gasteiger partial charge in [0.1, 0.15) is 11.4 Å². The van der Waals surface area contributed by atoms with E-state index < -0.39 is 0 Å². The third kappa shape index (κ3) is 4.00. The van der Waals surface area contributed by atoms with Gasteiger partial charge in [0.05, 0.1) is 18.7 Å². The average Bonchev–Trinajstić information content (AvgIpc) is 3.10. The number of carbonyl (C=O) groups is 2. The summed E-state index contributed by atoms with van der Waals surface area (Å²) < 4.78 is 5.56. The van der Waals surface area contributed by atoms with Gasteiger partial charge in [-0.1, -0.05) is 42.5 Å². The Morgan fingerprint density at radius 1 is 0.939 bits per heavy atom. The van der Waals surface area contributed by atoms with Crippen molar-refractivity contribution >= 4 is 17.4 Å². The molecule has 6 nitrogen and oxygen atoms in total. The zero-order chi connectivity index (χ0) is 22.8. The first-order chi connectivity index (χ1) is 16.2. The number of hydrogen-bond donors (Lipinski definition) is 0. The molecule has 5 rings (SSSR count).